The van der Waals surface area contributed by atoms with E-state index >= 15 is 0 Å². The number of hydrogen-bond acceptors (Lipinski definition) is 6. The third kappa shape index (κ3) is 3.23. The molecular formula is C16H15N3O2S. The van der Waals surface area contributed by atoms with Gasteiger partial charge in [0.25, 0.3) is 5.95 Å². The zero-order valence-corrected chi connectivity index (χ0v) is 12.9. The van der Waals surface area contributed by atoms with Gasteiger partial charge in [0, 0.05) is 18.2 Å². The summed E-state index contributed by atoms with van der Waals surface area (Å²) in [7, 11) is 0. The molecule has 22 heavy (non-hydrogen) atoms. The van der Waals surface area contributed by atoms with Crippen LogP contribution in [0.3, 0.4) is 0 Å². The SMILES string of the molecule is CCCc1nnc(/N=C/c2cc(-c3ccccc3)oc2O)s1. The van der Waals surface area contributed by atoms with E-state index in [0.29, 0.717) is 16.5 Å². The van der Waals surface area contributed by atoms with E-state index in [9.17, 15) is 5.11 Å². The van der Waals surface area contributed by atoms with Crippen LogP contribution in [0.25, 0.3) is 11.3 Å². The quantitative estimate of drug-likeness (QED) is 0.716. The van der Waals surface area contributed by atoms with E-state index in [0.717, 1.165) is 23.4 Å². The Morgan fingerprint density at radius 1 is 1.27 bits per heavy atom. The van der Waals surface area contributed by atoms with Gasteiger partial charge < -0.3 is 9.52 Å². The van der Waals surface area contributed by atoms with E-state index in [-0.39, 0.29) is 5.95 Å². The van der Waals surface area contributed by atoms with Gasteiger partial charge in [-0.25, -0.2) is 4.99 Å². The third-order valence-electron chi connectivity index (χ3n) is 3.03. The highest BCUT2D eigenvalue weighted by Gasteiger charge is 2.10. The first-order valence-corrected chi connectivity index (χ1v) is 7.82. The van der Waals surface area contributed by atoms with Crippen LogP contribution in [0.15, 0.2) is 45.8 Å². The minimum absolute atomic E-state index is 0.152. The highest BCUT2D eigenvalue weighted by molar-refractivity contribution is 7.14. The van der Waals surface area contributed by atoms with Crippen molar-refractivity contribution in [2.24, 2.45) is 4.99 Å². The van der Waals surface area contributed by atoms with Crippen LogP contribution in [0, 0.1) is 0 Å². The Morgan fingerprint density at radius 2 is 2.09 bits per heavy atom. The van der Waals surface area contributed by atoms with Crippen LogP contribution in [-0.4, -0.2) is 21.5 Å². The van der Waals surface area contributed by atoms with Crippen molar-refractivity contribution in [3.05, 3.63) is 47.0 Å². The lowest BCUT2D eigenvalue weighted by atomic mass is 10.1. The van der Waals surface area contributed by atoms with Gasteiger partial charge in [0.15, 0.2) is 0 Å². The highest BCUT2D eigenvalue weighted by atomic mass is 32.1. The van der Waals surface area contributed by atoms with Crippen LogP contribution in [0.5, 0.6) is 5.95 Å². The molecule has 0 radical (unpaired) electrons. The standard InChI is InChI=1S/C16H15N3O2S/c1-2-6-14-18-19-16(22-14)17-10-12-9-13(21-15(12)20)11-7-4-3-5-8-11/h3-5,7-10,20H,2,6H2,1H3/b17-10+. The van der Waals surface area contributed by atoms with E-state index in [1.54, 1.807) is 12.3 Å². The molecule has 112 valence electrons. The lowest BCUT2D eigenvalue weighted by molar-refractivity contribution is 0.337. The zero-order chi connectivity index (χ0) is 15.4. The number of aliphatic imine (C=N–C) groups is 1. The number of nitrogens with zero attached hydrogens (tertiary/aromatic N) is 3. The van der Waals surface area contributed by atoms with Gasteiger partial charge in [-0.15, -0.1) is 10.2 Å². The van der Waals surface area contributed by atoms with Crippen LogP contribution in [0.4, 0.5) is 5.13 Å². The molecule has 0 unspecified atom stereocenters. The molecular weight excluding hydrogens is 298 g/mol. The summed E-state index contributed by atoms with van der Waals surface area (Å²) in [6.45, 7) is 2.10. The molecule has 0 aliphatic carbocycles. The summed E-state index contributed by atoms with van der Waals surface area (Å²) in [4.78, 5) is 4.25. The van der Waals surface area contributed by atoms with Gasteiger partial charge in [-0.3, -0.25) is 0 Å². The fourth-order valence-corrected chi connectivity index (χ4v) is 2.75. The summed E-state index contributed by atoms with van der Waals surface area (Å²) < 4.78 is 5.36. The number of furan rings is 1. The molecule has 3 rings (SSSR count). The van der Waals surface area contributed by atoms with E-state index < -0.39 is 0 Å². The molecule has 2 aromatic heterocycles. The van der Waals surface area contributed by atoms with Gasteiger partial charge in [-0.2, -0.15) is 0 Å². The predicted molar refractivity (Wildman–Crippen MR) is 87.0 cm³/mol. The Morgan fingerprint density at radius 3 is 2.86 bits per heavy atom. The summed E-state index contributed by atoms with van der Waals surface area (Å²) in [5, 5.41) is 19.5. The molecule has 0 saturated heterocycles. The van der Waals surface area contributed by atoms with E-state index in [1.165, 1.54) is 11.3 Å². The molecule has 6 heteroatoms. The molecule has 0 saturated carbocycles. The fourth-order valence-electron chi connectivity index (χ4n) is 1.97. The van der Waals surface area contributed by atoms with Crippen LogP contribution >= 0.6 is 11.3 Å². The van der Waals surface area contributed by atoms with Crippen molar-refractivity contribution in [2.75, 3.05) is 0 Å². The number of benzene rings is 1. The van der Waals surface area contributed by atoms with E-state index in [2.05, 4.69) is 22.1 Å². The molecule has 0 amide bonds. The zero-order valence-electron chi connectivity index (χ0n) is 12.1. The molecule has 2 heterocycles. The molecule has 0 bridgehead atoms. The molecule has 0 spiro atoms. The number of aromatic hydroxyl groups is 1. The smallest absolute Gasteiger partial charge is 0.291 e. The van der Waals surface area contributed by atoms with Crippen LogP contribution in [-0.2, 0) is 6.42 Å². The monoisotopic (exact) mass is 313 g/mol. The average Bonchev–Trinajstić information content (AvgIpc) is 3.13. The highest BCUT2D eigenvalue weighted by Crippen LogP contribution is 2.29. The Hall–Kier alpha value is -2.47. The number of hydrogen-bond donors (Lipinski definition) is 1. The largest absolute Gasteiger partial charge is 0.480 e. The second kappa shape index (κ2) is 6.53. The summed E-state index contributed by atoms with van der Waals surface area (Å²) in [6.07, 6.45) is 3.48. The van der Waals surface area contributed by atoms with Crippen molar-refractivity contribution < 1.29 is 9.52 Å². The number of rotatable bonds is 5. The third-order valence-corrected chi connectivity index (χ3v) is 3.92. The van der Waals surface area contributed by atoms with Crippen LogP contribution in [0.1, 0.15) is 23.9 Å². The second-order valence-corrected chi connectivity index (χ2v) is 5.76. The normalized spacial score (nSPS) is 11.3. The maximum absolute atomic E-state index is 9.87. The Bertz CT molecular complexity index is 778. The molecule has 0 fully saturated rings. The summed E-state index contributed by atoms with van der Waals surface area (Å²) in [5.41, 5.74) is 1.42. The number of aromatic nitrogens is 2. The van der Waals surface area contributed by atoms with Crippen molar-refractivity contribution in [1.82, 2.24) is 10.2 Å². The molecule has 0 atom stereocenters. The first-order chi connectivity index (χ1) is 10.8. The van der Waals surface area contributed by atoms with Gasteiger partial charge >= 0.3 is 0 Å². The van der Waals surface area contributed by atoms with Gasteiger partial charge in [-0.1, -0.05) is 48.6 Å². The first kappa shape index (κ1) is 14.5. The minimum Gasteiger partial charge on any atom is -0.480 e. The number of aryl methyl sites for hydroxylation is 1. The van der Waals surface area contributed by atoms with Crippen LogP contribution in [0.2, 0.25) is 0 Å². The minimum atomic E-state index is -0.152. The van der Waals surface area contributed by atoms with Crippen molar-refractivity contribution in [1.29, 1.82) is 0 Å². The summed E-state index contributed by atoms with van der Waals surface area (Å²) in [6, 6.07) is 11.3. The van der Waals surface area contributed by atoms with E-state index in [1.807, 2.05) is 30.3 Å². The lowest BCUT2D eigenvalue weighted by Gasteiger charge is -1.93. The average molecular weight is 313 g/mol. The second-order valence-electron chi connectivity index (χ2n) is 4.72. The van der Waals surface area contributed by atoms with Crippen LogP contribution < -0.4 is 0 Å². The van der Waals surface area contributed by atoms with Crippen molar-refractivity contribution in [3.63, 3.8) is 0 Å². The Kier molecular flexibility index (Phi) is 4.29. The van der Waals surface area contributed by atoms with Crippen molar-refractivity contribution in [3.8, 4) is 17.3 Å². The fraction of sp³-hybridized carbons (Fsp3) is 0.188. The molecule has 5 nitrogen and oxygen atoms in total. The summed E-state index contributed by atoms with van der Waals surface area (Å²) >= 11 is 1.45. The molecule has 0 aliphatic rings. The van der Waals surface area contributed by atoms with E-state index in [4.69, 9.17) is 4.42 Å². The van der Waals surface area contributed by atoms with Crippen molar-refractivity contribution in [2.45, 2.75) is 19.8 Å². The maximum atomic E-state index is 9.87. The van der Waals surface area contributed by atoms with Gasteiger partial charge in [-0.05, 0) is 12.5 Å². The molecule has 1 N–H and O–H groups in total. The van der Waals surface area contributed by atoms with Gasteiger partial charge in [0.1, 0.15) is 10.8 Å². The molecule has 3 aromatic rings. The Balaban J connectivity index is 1.80. The topological polar surface area (TPSA) is 71.5 Å². The maximum Gasteiger partial charge on any atom is 0.291 e. The predicted octanol–water partition coefficient (Wildman–Crippen LogP) is 4.21. The first-order valence-electron chi connectivity index (χ1n) is 7.01. The molecule has 0 aliphatic heterocycles. The lowest BCUT2D eigenvalue weighted by Crippen LogP contribution is -1.79. The van der Waals surface area contributed by atoms with Gasteiger partial charge in [0.2, 0.25) is 5.13 Å². The van der Waals surface area contributed by atoms with Gasteiger partial charge in [0.05, 0.1) is 5.56 Å². The van der Waals surface area contributed by atoms with Crippen molar-refractivity contribution >= 4 is 22.7 Å². The summed E-state index contributed by atoms with van der Waals surface area (Å²) in [5.74, 6) is 0.449. The molecule has 1 aromatic carbocycles. The Labute approximate surface area is 132 Å².